The molecule has 2 atom stereocenters. The van der Waals surface area contributed by atoms with Gasteiger partial charge in [-0.15, -0.1) is 6.58 Å². The molecular formula is C18H30N4O2. The molecule has 24 heavy (non-hydrogen) atoms. The van der Waals surface area contributed by atoms with Gasteiger partial charge in [0.15, 0.2) is 0 Å². The van der Waals surface area contributed by atoms with Gasteiger partial charge in [0.25, 0.3) is 0 Å². The minimum Gasteiger partial charge on any atom is -0.385 e. The molecule has 1 aliphatic heterocycles. The molecule has 1 aromatic heterocycles. The van der Waals surface area contributed by atoms with Gasteiger partial charge in [-0.2, -0.15) is 0 Å². The number of carbonyl (C=O) groups excluding carboxylic acids is 1. The lowest BCUT2D eigenvalue weighted by Crippen LogP contribution is -2.47. The van der Waals surface area contributed by atoms with Crippen molar-refractivity contribution in [2.75, 3.05) is 13.1 Å². The quantitative estimate of drug-likeness (QED) is 0.595. The second-order valence-corrected chi connectivity index (χ2v) is 6.74. The summed E-state index contributed by atoms with van der Waals surface area (Å²) in [5, 5.41) is 13.6. The molecule has 1 aliphatic rings. The lowest BCUT2D eigenvalue weighted by molar-refractivity contribution is 0.0581. The van der Waals surface area contributed by atoms with Crippen LogP contribution in [0.3, 0.4) is 0 Å². The number of piperidine rings is 1. The number of hydrogen-bond acceptors (Lipinski definition) is 3. The van der Waals surface area contributed by atoms with Crippen LogP contribution in [0.1, 0.15) is 51.0 Å². The number of urea groups is 1. The van der Waals surface area contributed by atoms with E-state index >= 15 is 0 Å². The van der Waals surface area contributed by atoms with Crippen LogP contribution in [-0.4, -0.2) is 44.7 Å². The number of hydrogen-bond donors (Lipinski definition) is 2. The molecule has 0 saturated carbocycles. The van der Waals surface area contributed by atoms with Crippen LogP contribution >= 0.6 is 0 Å². The Morgan fingerprint density at radius 3 is 2.83 bits per heavy atom. The first-order valence-electron chi connectivity index (χ1n) is 8.84. The van der Waals surface area contributed by atoms with E-state index in [4.69, 9.17) is 0 Å². The van der Waals surface area contributed by atoms with Crippen LogP contribution in [0.5, 0.6) is 0 Å². The van der Waals surface area contributed by atoms with Crippen molar-refractivity contribution in [2.45, 2.75) is 51.2 Å². The van der Waals surface area contributed by atoms with E-state index in [1.165, 1.54) is 0 Å². The summed E-state index contributed by atoms with van der Waals surface area (Å²) < 4.78 is 1.86. The van der Waals surface area contributed by atoms with E-state index in [0.717, 1.165) is 32.1 Å². The molecule has 2 heterocycles. The van der Waals surface area contributed by atoms with Gasteiger partial charge in [-0.05, 0) is 44.9 Å². The molecule has 1 saturated heterocycles. The summed E-state index contributed by atoms with van der Waals surface area (Å²) in [7, 11) is 1.89. The third kappa shape index (κ3) is 4.84. The molecule has 1 aromatic rings. The molecule has 2 amide bonds. The van der Waals surface area contributed by atoms with Crippen LogP contribution in [0.15, 0.2) is 25.0 Å². The zero-order valence-electron chi connectivity index (χ0n) is 14.8. The van der Waals surface area contributed by atoms with Gasteiger partial charge >= 0.3 is 6.03 Å². The Kier molecular flexibility index (Phi) is 6.85. The van der Waals surface area contributed by atoms with Gasteiger partial charge in [-0.25, -0.2) is 9.78 Å². The van der Waals surface area contributed by atoms with E-state index in [0.29, 0.717) is 18.9 Å². The number of aliphatic hydroxyl groups excluding tert-OH is 1. The van der Waals surface area contributed by atoms with Crippen molar-refractivity contribution in [3.05, 3.63) is 30.9 Å². The van der Waals surface area contributed by atoms with Gasteiger partial charge in [0, 0.05) is 38.6 Å². The van der Waals surface area contributed by atoms with Crippen molar-refractivity contribution in [2.24, 2.45) is 13.0 Å². The molecule has 0 aliphatic carbocycles. The van der Waals surface area contributed by atoms with Crippen molar-refractivity contribution in [1.82, 2.24) is 19.8 Å². The van der Waals surface area contributed by atoms with E-state index in [-0.39, 0.29) is 18.0 Å². The van der Waals surface area contributed by atoms with Crippen molar-refractivity contribution in [3.63, 3.8) is 0 Å². The van der Waals surface area contributed by atoms with Gasteiger partial charge in [-0.1, -0.05) is 6.08 Å². The molecule has 2 rings (SSSR count). The SMILES string of the molecule is C=CCCCC(C)NC(=O)N1CCC(C(O)c2nccn2C)CC1. The fraction of sp³-hybridized carbons (Fsp3) is 0.667. The topological polar surface area (TPSA) is 70.4 Å². The number of carbonyl (C=O) groups is 1. The molecule has 0 radical (unpaired) electrons. The fourth-order valence-corrected chi connectivity index (χ4v) is 3.23. The van der Waals surface area contributed by atoms with E-state index in [2.05, 4.69) is 16.9 Å². The van der Waals surface area contributed by atoms with Gasteiger partial charge in [-0.3, -0.25) is 0 Å². The number of allylic oxidation sites excluding steroid dienone is 1. The summed E-state index contributed by atoms with van der Waals surface area (Å²) in [4.78, 5) is 18.4. The highest BCUT2D eigenvalue weighted by Gasteiger charge is 2.30. The molecule has 2 unspecified atom stereocenters. The number of nitrogens with zero attached hydrogens (tertiary/aromatic N) is 3. The number of likely N-dealkylation sites (tertiary alicyclic amines) is 1. The summed E-state index contributed by atoms with van der Waals surface area (Å²) in [6.45, 7) is 7.11. The third-order valence-electron chi connectivity index (χ3n) is 4.81. The van der Waals surface area contributed by atoms with Crippen LogP contribution in [0.25, 0.3) is 0 Å². The lowest BCUT2D eigenvalue weighted by atomic mass is 9.91. The van der Waals surface area contributed by atoms with E-state index in [1.54, 1.807) is 6.20 Å². The van der Waals surface area contributed by atoms with E-state index in [9.17, 15) is 9.90 Å². The highest BCUT2D eigenvalue weighted by Crippen LogP contribution is 2.29. The van der Waals surface area contributed by atoms with Crippen LogP contribution < -0.4 is 5.32 Å². The van der Waals surface area contributed by atoms with Crippen molar-refractivity contribution >= 4 is 6.03 Å². The summed E-state index contributed by atoms with van der Waals surface area (Å²) >= 11 is 0. The normalized spacial score (nSPS) is 18.2. The number of nitrogens with one attached hydrogen (secondary N) is 1. The predicted molar refractivity (Wildman–Crippen MR) is 94.5 cm³/mol. The Labute approximate surface area is 144 Å². The lowest BCUT2D eigenvalue weighted by Gasteiger charge is -2.34. The van der Waals surface area contributed by atoms with Crippen LogP contribution in [0, 0.1) is 5.92 Å². The maximum absolute atomic E-state index is 12.3. The zero-order chi connectivity index (χ0) is 17.5. The Morgan fingerprint density at radius 2 is 2.25 bits per heavy atom. The summed E-state index contributed by atoms with van der Waals surface area (Å²) in [5.74, 6) is 0.855. The summed E-state index contributed by atoms with van der Waals surface area (Å²) in [6, 6.07) is 0.180. The maximum atomic E-state index is 12.3. The molecule has 0 bridgehead atoms. The van der Waals surface area contributed by atoms with Gasteiger partial charge in [0.2, 0.25) is 0 Å². The number of aryl methyl sites for hydroxylation is 1. The van der Waals surface area contributed by atoms with Gasteiger partial charge in [0.05, 0.1) is 0 Å². The third-order valence-corrected chi connectivity index (χ3v) is 4.81. The first kappa shape index (κ1) is 18.5. The molecule has 0 spiro atoms. The highest BCUT2D eigenvalue weighted by atomic mass is 16.3. The average molecular weight is 334 g/mol. The van der Waals surface area contributed by atoms with Gasteiger partial charge < -0.3 is 19.9 Å². The highest BCUT2D eigenvalue weighted by molar-refractivity contribution is 5.74. The molecule has 2 N–H and O–H groups in total. The van der Waals surface area contributed by atoms with E-state index < -0.39 is 6.10 Å². The number of rotatable bonds is 7. The summed E-state index contributed by atoms with van der Waals surface area (Å²) in [6.07, 6.45) is 9.48. The molecule has 1 fully saturated rings. The Bertz CT molecular complexity index is 535. The Hall–Kier alpha value is -1.82. The van der Waals surface area contributed by atoms with Crippen LogP contribution in [0.4, 0.5) is 4.79 Å². The van der Waals surface area contributed by atoms with Crippen molar-refractivity contribution in [3.8, 4) is 0 Å². The monoisotopic (exact) mass is 334 g/mol. The number of unbranched alkanes of at least 4 members (excludes halogenated alkanes) is 1. The molecular weight excluding hydrogens is 304 g/mol. The minimum absolute atomic E-state index is 0.00559. The second kappa shape index (κ2) is 8.87. The molecule has 0 aromatic carbocycles. The average Bonchev–Trinajstić information content (AvgIpc) is 3.00. The first-order chi connectivity index (χ1) is 11.5. The number of amides is 2. The first-order valence-corrected chi connectivity index (χ1v) is 8.84. The second-order valence-electron chi connectivity index (χ2n) is 6.74. The van der Waals surface area contributed by atoms with Crippen molar-refractivity contribution in [1.29, 1.82) is 0 Å². The van der Waals surface area contributed by atoms with E-state index in [1.807, 2.05) is 35.7 Å². The number of aliphatic hydroxyl groups is 1. The standard InChI is InChI=1S/C18H30N4O2/c1-4-5-6-7-14(2)20-18(24)22-11-8-15(9-12-22)16(23)17-19-10-13-21(17)3/h4,10,13-16,23H,1,5-9,11-12H2,2-3H3,(H,20,24). The van der Waals surface area contributed by atoms with Crippen LogP contribution in [-0.2, 0) is 7.05 Å². The van der Waals surface area contributed by atoms with Crippen molar-refractivity contribution < 1.29 is 9.90 Å². The zero-order valence-corrected chi connectivity index (χ0v) is 14.8. The minimum atomic E-state index is -0.562. The molecule has 134 valence electrons. The Balaban J connectivity index is 1.76. The smallest absolute Gasteiger partial charge is 0.317 e. The fourth-order valence-electron chi connectivity index (χ4n) is 3.23. The molecule has 6 nitrogen and oxygen atoms in total. The number of aromatic nitrogens is 2. The van der Waals surface area contributed by atoms with Gasteiger partial charge in [0.1, 0.15) is 11.9 Å². The maximum Gasteiger partial charge on any atom is 0.317 e. The Morgan fingerprint density at radius 1 is 1.54 bits per heavy atom. The predicted octanol–water partition coefficient (Wildman–Crippen LogP) is 2.62. The largest absolute Gasteiger partial charge is 0.385 e. The number of imidazole rings is 1. The summed E-state index contributed by atoms with van der Waals surface area (Å²) in [5.41, 5.74) is 0. The van der Waals surface area contributed by atoms with Crippen LogP contribution in [0.2, 0.25) is 0 Å². The molecule has 6 heteroatoms.